The van der Waals surface area contributed by atoms with Gasteiger partial charge in [0.2, 0.25) is 0 Å². The van der Waals surface area contributed by atoms with Crippen LogP contribution < -0.4 is 5.73 Å². The molecule has 1 aromatic rings. The van der Waals surface area contributed by atoms with E-state index in [1.807, 2.05) is 13.0 Å². The van der Waals surface area contributed by atoms with Crippen molar-refractivity contribution in [2.24, 2.45) is 5.73 Å². The van der Waals surface area contributed by atoms with Crippen LogP contribution in [0.4, 0.5) is 0 Å². The Bertz CT molecular complexity index is 365. The molecule has 1 saturated heterocycles. The summed E-state index contributed by atoms with van der Waals surface area (Å²) in [6.45, 7) is 5.22. The Morgan fingerprint density at radius 2 is 2.31 bits per heavy atom. The fraction of sp³-hybridized carbons (Fsp3) is 0.538. The molecule has 1 unspecified atom stereocenters. The number of hydrogen-bond donors (Lipinski definition) is 1. The molecule has 0 radical (unpaired) electrons. The summed E-state index contributed by atoms with van der Waals surface area (Å²) in [5, 5.41) is 0.846. The Hall–Kier alpha value is -0.570. The van der Waals surface area contributed by atoms with E-state index in [4.69, 9.17) is 17.3 Å². The Morgan fingerprint density at radius 1 is 1.50 bits per heavy atom. The van der Waals surface area contributed by atoms with Crippen molar-refractivity contribution in [2.75, 3.05) is 13.1 Å². The average molecular weight is 239 g/mol. The van der Waals surface area contributed by atoms with Gasteiger partial charge in [-0.25, -0.2) is 0 Å². The van der Waals surface area contributed by atoms with Crippen molar-refractivity contribution in [1.82, 2.24) is 4.90 Å². The van der Waals surface area contributed by atoms with Crippen LogP contribution in [-0.4, -0.2) is 24.0 Å². The van der Waals surface area contributed by atoms with Crippen LogP contribution in [0.1, 0.15) is 24.0 Å². The summed E-state index contributed by atoms with van der Waals surface area (Å²) in [5.74, 6) is 0. The molecular weight excluding hydrogens is 220 g/mol. The molecule has 0 bridgehead atoms. The normalized spacial score (nSPS) is 22.3. The van der Waals surface area contributed by atoms with Crippen molar-refractivity contribution in [1.29, 1.82) is 0 Å². The molecule has 1 atom stereocenters. The standard InChI is InChI=1S/C13H19ClN2/c1-10-7-11(4-5-13(10)14)8-16-6-2-3-12(15)9-16/h4-5,7,12H,2-3,6,8-9,15H2,1H3. The summed E-state index contributed by atoms with van der Waals surface area (Å²) in [6.07, 6.45) is 2.38. The van der Waals surface area contributed by atoms with Crippen LogP contribution in [0.25, 0.3) is 0 Å². The van der Waals surface area contributed by atoms with Crippen LogP contribution in [-0.2, 0) is 6.54 Å². The number of halogens is 1. The summed E-state index contributed by atoms with van der Waals surface area (Å²) in [4.78, 5) is 2.43. The van der Waals surface area contributed by atoms with Gasteiger partial charge in [0.05, 0.1) is 0 Å². The van der Waals surface area contributed by atoms with E-state index in [0.717, 1.165) is 36.6 Å². The van der Waals surface area contributed by atoms with E-state index in [9.17, 15) is 0 Å². The van der Waals surface area contributed by atoms with E-state index in [2.05, 4.69) is 17.0 Å². The van der Waals surface area contributed by atoms with Crippen LogP contribution in [0.15, 0.2) is 18.2 Å². The van der Waals surface area contributed by atoms with Gasteiger partial charge in [-0.15, -0.1) is 0 Å². The Balaban J connectivity index is 2.00. The number of nitrogens with two attached hydrogens (primary N) is 1. The number of hydrogen-bond acceptors (Lipinski definition) is 2. The first-order valence-corrected chi connectivity index (χ1v) is 6.26. The molecule has 1 fully saturated rings. The Morgan fingerprint density at radius 3 is 3.00 bits per heavy atom. The minimum absolute atomic E-state index is 0.349. The molecule has 0 amide bonds. The van der Waals surface area contributed by atoms with Gasteiger partial charge in [-0.2, -0.15) is 0 Å². The van der Waals surface area contributed by atoms with Gasteiger partial charge in [0, 0.05) is 24.2 Å². The minimum Gasteiger partial charge on any atom is -0.327 e. The molecule has 0 saturated carbocycles. The first-order chi connectivity index (χ1) is 7.65. The monoisotopic (exact) mass is 238 g/mol. The molecule has 3 heteroatoms. The maximum Gasteiger partial charge on any atom is 0.0435 e. The second-order valence-corrected chi connectivity index (χ2v) is 5.13. The molecule has 2 N–H and O–H groups in total. The molecule has 0 aliphatic carbocycles. The second-order valence-electron chi connectivity index (χ2n) is 4.72. The van der Waals surface area contributed by atoms with Crippen molar-refractivity contribution in [2.45, 2.75) is 32.4 Å². The van der Waals surface area contributed by atoms with Gasteiger partial charge < -0.3 is 5.73 Å². The molecule has 0 spiro atoms. The Kier molecular flexibility index (Phi) is 3.85. The van der Waals surface area contributed by atoms with Crippen LogP contribution >= 0.6 is 11.6 Å². The molecule has 1 heterocycles. The summed E-state index contributed by atoms with van der Waals surface area (Å²) >= 11 is 6.01. The summed E-state index contributed by atoms with van der Waals surface area (Å²) in [7, 11) is 0. The summed E-state index contributed by atoms with van der Waals surface area (Å²) in [6, 6.07) is 6.61. The third kappa shape index (κ3) is 2.97. The number of benzene rings is 1. The van der Waals surface area contributed by atoms with Gasteiger partial charge >= 0.3 is 0 Å². The molecule has 1 aromatic carbocycles. The topological polar surface area (TPSA) is 29.3 Å². The van der Waals surface area contributed by atoms with E-state index in [-0.39, 0.29) is 0 Å². The fourth-order valence-corrected chi connectivity index (χ4v) is 2.42. The number of nitrogens with zero attached hydrogens (tertiary/aromatic N) is 1. The highest BCUT2D eigenvalue weighted by Crippen LogP contribution is 2.18. The lowest BCUT2D eigenvalue weighted by Gasteiger charge is -2.30. The maximum atomic E-state index is 6.01. The third-order valence-electron chi connectivity index (χ3n) is 3.17. The molecule has 1 aliphatic heterocycles. The molecule has 0 aromatic heterocycles. The lowest BCUT2D eigenvalue weighted by Crippen LogP contribution is -2.42. The van der Waals surface area contributed by atoms with Crippen LogP contribution in [0, 0.1) is 6.92 Å². The highest BCUT2D eigenvalue weighted by Gasteiger charge is 2.16. The van der Waals surface area contributed by atoms with Crippen LogP contribution in [0.5, 0.6) is 0 Å². The quantitative estimate of drug-likeness (QED) is 0.858. The minimum atomic E-state index is 0.349. The van der Waals surface area contributed by atoms with E-state index in [0.29, 0.717) is 6.04 Å². The van der Waals surface area contributed by atoms with E-state index in [1.165, 1.54) is 12.0 Å². The lowest BCUT2D eigenvalue weighted by atomic mass is 10.1. The van der Waals surface area contributed by atoms with Crippen LogP contribution in [0.2, 0.25) is 5.02 Å². The van der Waals surface area contributed by atoms with Crippen molar-refractivity contribution < 1.29 is 0 Å². The van der Waals surface area contributed by atoms with E-state index < -0.39 is 0 Å². The van der Waals surface area contributed by atoms with Gasteiger partial charge in [-0.3, -0.25) is 4.90 Å². The van der Waals surface area contributed by atoms with Crippen molar-refractivity contribution in [3.8, 4) is 0 Å². The van der Waals surface area contributed by atoms with Gasteiger partial charge in [-0.05, 0) is 43.5 Å². The zero-order valence-electron chi connectivity index (χ0n) is 9.75. The highest BCUT2D eigenvalue weighted by atomic mass is 35.5. The molecule has 2 nitrogen and oxygen atoms in total. The number of likely N-dealkylation sites (tertiary alicyclic amines) is 1. The number of rotatable bonds is 2. The molecular formula is C13H19ClN2. The largest absolute Gasteiger partial charge is 0.327 e. The predicted molar refractivity (Wildman–Crippen MR) is 68.7 cm³/mol. The SMILES string of the molecule is Cc1cc(CN2CCCC(N)C2)ccc1Cl. The number of aryl methyl sites for hydroxylation is 1. The molecule has 1 aliphatic rings. The Labute approximate surface area is 102 Å². The zero-order chi connectivity index (χ0) is 11.5. The lowest BCUT2D eigenvalue weighted by molar-refractivity contribution is 0.201. The fourth-order valence-electron chi connectivity index (χ4n) is 2.30. The maximum absolute atomic E-state index is 6.01. The third-order valence-corrected chi connectivity index (χ3v) is 3.59. The number of piperidine rings is 1. The summed E-state index contributed by atoms with van der Waals surface area (Å²) < 4.78 is 0. The first kappa shape index (κ1) is 11.9. The van der Waals surface area contributed by atoms with Crippen LogP contribution in [0.3, 0.4) is 0 Å². The molecule has 88 valence electrons. The van der Waals surface area contributed by atoms with Crippen molar-refractivity contribution >= 4 is 11.6 Å². The predicted octanol–water partition coefficient (Wildman–Crippen LogP) is 2.57. The van der Waals surface area contributed by atoms with E-state index in [1.54, 1.807) is 0 Å². The van der Waals surface area contributed by atoms with Crippen molar-refractivity contribution in [3.05, 3.63) is 34.3 Å². The second kappa shape index (κ2) is 5.17. The van der Waals surface area contributed by atoms with Gasteiger partial charge in [-0.1, -0.05) is 23.7 Å². The van der Waals surface area contributed by atoms with Crippen molar-refractivity contribution in [3.63, 3.8) is 0 Å². The van der Waals surface area contributed by atoms with Gasteiger partial charge in [0.15, 0.2) is 0 Å². The van der Waals surface area contributed by atoms with Gasteiger partial charge in [0.25, 0.3) is 0 Å². The van der Waals surface area contributed by atoms with E-state index >= 15 is 0 Å². The summed E-state index contributed by atoms with van der Waals surface area (Å²) in [5.41, 5.74) is 8.45. The highest BCUT2D eigenvalue weighted by molar-refractivity contribution is 6.31. The zero-order valence-corrected chi connectivity index (χ0v) is 10.5. The average Bonchev–Trinajstić information content (AvgIpc) is 2.24. The smallest absolute Gasteiger partial charge is 0.0435 e. The molecule has 2 rings (SSSR count). The van der Waals surface area contributed by atoms with Gasteiger partial charge in [0.1, 0.15) is 0 Å². The molecule has 16 heavy (non-hydrogen) atoms. The first-order valence-electron chi connectivity index (χ1n) is 5.88.